The zero-order valence-corrected chi connectivity index (χ0v) is 11.2. The third-order valence-electron chi connectivity index (χ3n) is 4.13. The van der Waals surface area contributed by atoms with Crippen LogP contribution in [0.15, 0.2) is 5.38 Å². The smallest absolute Gasteiger partial charge is 0.303 e. The molecule has 1 saturated heterocycles. The number of aliphatic carboxylic acids is 1. The van der Waals surface area contributed by atoms with Gasteiger partial charge in [0, 0.05) is 24.9 Å². The summed E-state index contributed by atoms with van der Waals surface area (Å²) in [6, 6.07) is 0. The Labute approximate surface area is 111 Å². The van der Waals surface area contributed by atoms with E-state index in [1.165, 1.54) is 19.3 Å². The number of carboxylic acid groups (broad SMARTS) is 1. The van der Waals surface area contributed by atoms with E-state index in [1.54, 1.807) is 11.3 Å². The average molecular weight is 266 g/mol. The Bertz CT molecular complexity index is 434. The predicted molar refractivity (Wildman–Crippen MR) is 71.1 cm³/mol. The van der Waals surface area contributed by atoms with E-state index in [4.69, 9.17) is 5.11 Å². The van der Waals surface area contributed by atoms with Crippen LogP contribution >= 0.6 is 11.3 Å². The minimum Gasteiger partial charge on any atom is -0.481 e. The van der Waals surface area contributed by atoms with Crippen molar-refractivity contribution in [1.82, 2.24) is 4.98 Å². The second-order valence-corrected chi connectivity index (χ2v) is 6.21. The normalized spacial score (nSPS) is 26.6. The summed E-state index contributed by atoms with van der Waals surface area (Å²) in [6.45, 7) is 2.30. The van der Waals surface area contributed by atoms with Gasteiger partial charge in [-0.25, -0.2) is 4.98 Å². The molecular formula is C13H18N2O2S. The Morgan fingerprint density at radius 3 is 2.83 bits per heavy atom. The molecule has 1 aromatic rings. The van der Waals surface area contributed by atoms with E-state index in [2.05, 4.69) is 9.88 Å². The van der Waals surface area contributed by atoms with Gasteiger partial charge in [-0.2, -0.15) is 0 Å². The van der Waals surface area contributed by atoms with Gasteiger partial charge >= 0.3 is 5.97 Å². The molecular weight excluding hydrogens is 248 g/mol. The van der Waals surface area contributed by atoms with Gasteiger partial charge in [-0.05, 0) is 24.7 Å². The number of anilines is 1. The Hall–Kier alpha value is -1.10. The van der Waals surface area contributed by atoms with Crippen LogP contribution in [0.1, 0.15) is 31.4 Å². The molecule has 0 bridgehead atoms. The number of aryl methyl sites for hydroxylation is 1. The van der Waals surface area contributed by atoms with Crippen LogP contribution in [0.5, 0.6) is 0 Å². The minimum absolute atomic E-state index is 0.175. The van der Waals surface area contributed by atoms with Crippen molar-refractivity contribution >= 4 is 22.4 Å². The molecule has 2 unspecified atom stereocenters. The fourth-order valence-electron chi connectivity index (χ4n) is 3.18. The number of hydrogen-bond acceptors (Lipinski definition) is 4. The first-order valence-electron chi connectivity index (χ1n) is 6.63. The predicted octanol–water partition coefficient (Wildman–Crippen LogP) is 2.40. The number of carboxylic acids is 1. The van der Waals surface area contributed by atoms with Crippen LogP contribution in [0.25, 0.3) is 0 Å². The molecule has 1 aliphatic heterocycles. The standard InChI is InChI=1S/C13H18N2O2S/c16-12(17)5-4-11-8-18-13(14-11)15-6-9-2-1-3-10(9)7-15/h8-10H,1-7H2,(H,16,17). The molecule has 1 saturated carbocycles. The van der Waals surface area contributed by atoms with Crippen LogP contribution in [0.4, 0.5) is 5.13 Å². The molecule has 2 heterocycles. The second-order valence-electron chi connectivity index (χ2n) is 5.37. The summed E-state index contributed by atoms with van der Waals surface area (Å²) in [5, 5.41) is 11.8. The zero-order valence-electron chi connectivity index (χ0n) is 10.3. The van der Waals surface area contributed by atoms with Crippen molar-refractivity contribution < 1.29 is 9.90 Å². The molecule has 0 amide bonds. The molecule has 0 radical (unpaired) electrons. The molecule has 2 atom stereocenters. The van der Waals surface area contributed by atoms with Crippen molar-refractivity contribution in [1.29, 1.82) is 0 Å². The van der Waals surface area contributed by atoms with E-state index in [9.17, 15) is 4.79 Å². The third-order valence-corrected chi connectivity index (χ3v) is 5.08. The highest BCUT2D eigenvalue weighted by molar-refractivity contribution is 7.13. The highest BCUT2D eigenvalue weighted by atomic mass is 32.1. The maximum absolute atomic E-state index is 10.5. The van der Waals surface area contributed by atoms with Crippen molar-refractivity contribution in [3.63, 3.8) is 0 Å². The lowest BCUT2D eigenvalue weighted by Gasteiger charge is -2.15. The average Bonchev–Trinajstić information content (AvgIpc) is 3.00. The number of hydrogen-bond donors (Lipinski definition) is 1. The van der Waals surface area contributed by atoms with Gasteiger partial charge in [0.05, 0.1) is 12.1 Å². The van der Waals surface area contributed by atoms with E-state index in [0.717, 1.165) is 35.8 Å². The topological polar surface area (TPSA) is 53.4 Å². The van der Waals surface area contributed by atoms with Crippen molar-refractivity contribution in [3.8, 4) is 0 Å². The highest BCUT2D eigenvalue weighted by Gasteiger charge is 2.36. The number of fused-ring (bicyclic) bond motifs is 1. The summed E-state index contributed by atoms with van der Waals surface area (Å²) in [4.78, 5) is 17.5. The first-order valence-corrected chi connectivity index (χ1v) is 7.51. The summed E-state index contributed by atoms with van der Waals surface area (Å²) in [6.07, 6.45) is 4.86. The van der Waals surface area contributed by atoms with E-state index >= 15 is 0 Å². The van der Waals surface area contributed by atoms with Crippen LogP contribution in [-0.2, 0) is 11.2 Å². The molecule has 5 heteroatoms. The zero-order chi connectivity index (χ0) is 12.5. The molecule has 0 spiro atoms. The Kier molecular flexibility index (Phi) is 3.24. The van der Waals surface area contributed by atoms with E-state index in [0.29, 0.717) is 6.42 Å². The van der Waals surface area contributed by atoms with Crippen molar-refractivity contribution in [2.75, 3.05) is 18.0 Å². The van der Waals surface area contributed by atoms with E-state index < -0.39 is 5.97 Å². The molecule has 18 heavy (non-hydrogen) atoms. The lowest BCUT2D eigenvalue weighted by Crippen LogP contribution is -2.20. The number of thiazole rings is 1. The number of nitrogens with zero attached hydrogens (tertiary/aromatic N) is 2. The Balaban J connectivity index is 1.61. The molecule has 2 fully saturated rings. The summed E-state index contributed by atoms with van der Waals surface area (Å²) < 4.78 is 0. The minimum atomic E-state index is -0.750. The van der Waals surface area contributed by atoms with Gasteiger partial charge < -0.3 is 10.0 Å². The summed E-state index contributed by atoms with van der Waals surface area (Å²) in [5.74, 6) is 0.994. The van der Waals surface area contributed by atoms with Gasteiger partial charge in [-0.1, -0.05) is 6.42 Å². The molecule has 1 N–H and O–H groups in total. The van der Waals surface area contributed by atoms with Gasteiger partial charge in [-0.3, -0.25) is 4.79 Å². The van der Waals surface area contributed by atoms with Crippen LogP contribution in [0.2, 0.25) is 0 Å². The maximum atomic E-state index is 10.5. The SMILES string of the molecule is O=C(O)CCc1csc(N2CC3CCCC3C2)n1. The van der Waals surface area contributed by atoms with Crippen LogP contribution in [0, 0.1) is 11.8 Å². The molecule has 4 nitrogen and oxygen atoms in total. The molecule has 0 aromatic carbocycles. The maximum Gasteiger partial charge on any atom is 0.303 e. The summed E-state index contributed by atoms with van der Waals surface area (Å²) in [5.41, 5.74) is 0.925. The summed E-state index contributed by atoms with van der Waals surface area (Å²) in [7, 11) is 0. The van der Waals surface area contributed by atoms with Gasteiger partial charge in [0.25, 0.3) is 0 Å². The van der Waals surface area contributed by atoms with Crippen LogP contribution < -0.4 is 4.90 Å². The first-order chi connectivity index (χ1) is 8.72. The third kappa shape index (κ3) is 2.36. The fraction of sp³-hybridized carbons (Fsp3) is 0.692. The van der Waals surface area contributed by atoms with Crippen molar-refractivity contribution in [2.45, 2.75) is 32.1 Å². The highest BCUT2D eigenvalue weighted by Crippen LogP contribution is 2.40. The first kappa shape index (κ1) is 12.0. The van der Waals surface area contributed by atoms with E-state index in [1.807, 2.05) is 5.38 Å². The van der Waals surface area contributed by atoms with Gasteiger partial charge in [0.15, 0.2) is 5.13 Å². The summed E-state index contributed by atoms with van der Waals surface area (Å²) >= 11 is 1.66. The molecule has 1 aromatic heterocycles. The van der Waals surface area contributed by atoms with Gasteiger partial charge in [0.2, 0.25) is 0 Å². The van der Waals surface area contributed by atoms with Gasteiger partial charge in [-0.15, -0.1) is 11.3 Å². The quantitative estimate of drug-likeness (QED) is 0.909. The molecule has 98 valence electrons. The lowest BCUT2D eigenvalue weighted by atomic mass is 10.0. The van der Waals surface area contributed by atoms with Gasteiger partial charge in [0.1, 0.15) is 0 Å². The largest absolute Gasteiger partial charge is 0.481 e. The molecule has 1 aliphatic carbocycles. The number of rotatable bonds is 4. The Morgan fingerprint density at radius 1 is 1.44 bits per heavy atom. The Morgan fingerprint density at radius 2 is 2.17 bits per heavy atom. The molecule has 3 rings (SSSR count). The van der Waals surface area contributed by atoms with Crippen LogP contribution in [0.3, 0.4) is 0 Å². The van der Waals surface area contributed by atoms with E-state index in [-0.39, 0.29) is 6.42 Å². The second kappa shape index (κ2) is 4.88. The lowest BCUT2D eigenvalue weighted by molar-refractivity contribution is -0.136. The van der Waals surface area contributed by atoms with Crippen molar-refractivity contribution in [3.05, 3.63) is 11.1 Å². The van der Waals surface area contributed by atoms with Crippen LogP contribution in [-0.4, -0.2) is 29.1 Å². The number of carbonyl (C=O) groups is 1. The number of aromatic nitrogens is 1. The van der Waals surface area contributed by atoms with Crippen molar-refractivity contribution in [2.24, 2.45) is 11.8 Å². The molecule has 2 aliphatic rings. The fourth-order valence-corrected chi connectivity index (χ4v) is 4.06. The monoisotopic (exact) mass is 266 g/mol.